The summed E-state index contributed by atoms with van der Waals surface area (Å²) in [6, 6.07) is 0. The Morgan fingerprint density at radius 2 is 1.96 bits per heavy atom. The van der Waals surface area contributed by atoms with Gasteiger partial charge >= 0.3 is 0 Å². The number of hydrogen-bond acceptors (Lipinski definition) is 1. The van der Waals surface area contributed by atoms with Crippen molar-refractivity contribution in [1.29, 1.82) is 0 Å². The van der Waals surface area contributed by atoms with E-state index in [2.05, 4.69) is 39.1 Å². The smallest absolute Gasteiger partial charge is 0.103 e. The number of nitrogens with one attached hydrogen (secondary N) is 1. The average Bonchev–Trinajstić information content (AvgIpc) is 2.94. The fourth-order valence-corrected chi connectivity index (χ4v) is 4.06. The quantitative estimate of drug-likeness (QED) is 0.355. The van der Waals surface area contributed by atoms with Gasteiger partial charge in [0, 0.05) is 0 Å². The molecule has 5 unspecified atom stereocenters. The van der Waals surface area contributed by atoms with Crippen molar-refractivity contribution in [3.63, 3.8) is 0 Å². The molecule has 0 aromatic carbocycles. The highest BCUT2D eigenvalue weighted by molar-refractivity contribution is 4.94. The molecule has 5 atom stereocenters. The molecule has 0 radical (unpaired) electrons. The summed E-state index contributed by atoms with van der Waals surface area (Å²) in [5.74, 6) is 2.62. The van der Waals surface area contributed by atoms with E-state index in [-0.39, 0.29) is 5.92 Å². The van der Waals surface area contributed by atoms with E-state index in [4.69, 9.17) is 0 Å². The highest BCUT2D eigenvalue weighted by atomic mass is 19.1. The predicted octanol–water partition coefficient (Wildman–Crippen LogP) is 6.15. The minimum Gasteiger partial charge on any atom is -0.320 e. The first-order valence-corrected chi connectivity index (χ1v) is 9.86. The fourth-order valence-electron chi connectivity index (χ4n) is 4.06. The lowest BCUT2D eigenvalue weighted by molar-refractivity contribution is 0.190. The van der Waals surface area contributed by atoms with Crippen LogP contribution in [0.2, 0.25) is 0 Å². The Hall–Kier alpha value is -0.370. The molecule has 0 saturated heterocycles. The van der Waals surface area contributed by atoms with Gasteiger partial charge in [0.25, 0.3) is 0 Å². The van der Waals surface area contributed by atoms with E-state index in [0.29, 0.717) is 0 Å². The first-order chi connectivity index (χ1) is 10.9. The van der Waals surface area contributed by atoms with Crippen molar-refractivity contribution in [1.82, 2.24) is 5.32 Å². The van der Waals surface area contributed by atoms with E-state index in [1.165, 1.54) is 37.7 Å². The molecule has 136 valence electrons. The summed E-state index contributed by atoms with van der Waals surface area (Å²) in [5.41, 5.74) is 1.30. The number of rotatable bonds is 11. The number of allylic oxidation sites excluding steroid dienone is 2. The molecule has 0 aromatic rings. The minimum absolute atomic E-state index is 0.158. The fraction of sp³-hybridized carbons (Fsp3) is 0.905. The van der Waals surface area contributed by atoms with Gasteiger partial charge in [0.15, 0.2) is 0 Å². The van der Waals surface area contributed by atoms with Gasteiger partial charge in [-0.1, -0.05) is 31.9 Å². The molecule has 1 N–H and O–H groups in total. The van der Waals surface area contributed by atoms with Gasteiger partial charge in [-0.15, -0.1) is 0 Å². The molecule has 0 heterocycles. The highest BCUT2D eigenvalue weighted by Crippen LogP contribution is 2.40. The van der Waals surface area contributed by atoms with Crippen molar-refractivity contribution in [3.8, 4) is 0 Å². The Morgan fingerprint density at radius 3 is 2.52 bits per heavy atom. The lowest BCUT2D eigenvalue weighted by Crippen LogP contribution is -2.19. The van der Waals surface area contributed by atoms with Crippen LogP contribution in [-0.2, 0) is 0 Å². The van der Waals surface area contributed by atoms with E-state index < -0.39 is 6.17 Å². The topological polar surface area (TPSA) is 12.0 Å². The summed E-state index contributed by atoms with van der Waals surface area (Å²) in [5, 5.41) is 3.25. The first kappa shape index (κ1) is 20.7. The number of halogens is 1. The summed E-state index contributed by atoms with van der Waals surface area (Å²) < 4.78 is 14.5. The summed E-state index contributed by atoms with van der Waals surface area (Å²) in [4.78, 5) is 0. The third kappa shape index (κ3) is 8.33. The zero-order valence-electron chi connectivity index (χ0n) is 16.2. The molecule has 0 aromatic heterocycles. The van der Waals surface area contributed by atoms with E-state index in [1.807, 2.05) is 7.05 Å². The Bertz CT molecular complexity index is 335. The van der Waals surface area contributed by atoms with Crippen molar-refractivity contribution < 1.29 is 4.39 Å². The van der Waals surface area contributed by atoms with Crippen molar-refractivity contribution in [3.05, 3.63) is 11.6 Å². The van der Waals surface area contributed by atoms with Crippen LogP contribution < -0.4 is 5.32 Å². The third-order valence-corrected chi connectivity index (χ3v) is 5.73. The molecule has 0 spiro atoms. The Balaban J connectivity index is 2.43. The molecule has 0 amide bonds. The van der Waals surface area contributed by atoms with Gasteiger partial charge in [-0.05, 0) is 96.1 Å². The lowest BCUT2D eigenvalue weighted by atomic mass is 9.81. The first-order valence-electron chi connectivity index (χ1n) is 9.86. The third-order valence-electron chi connectivity index (χ3n) is 5.73. The molecule has 23 heavy (non-hydrogen) atoms. The highest BCUT2D eigenvalue weighted by Gasteiger charge is 2.29. The molecule has 2 heteroatoms. The van der Waals surface area contributed by atoms with Gasteiger partial charge in [-0.3, -0.25) is 0 Å². The van der Waals surface area contributed by atoms with Crippen molar-refractivity contribution in [2.24, 2.45) is 23.7 Å². The second-order valence-electron chi connectivity index (χ2n) is 8.27. The van der Waals surface area contributed by atoms with Crippen LogP contribution in [0, 0.1) is 23.7 Å². The van der Waals surface area contributed by atoms with Crippen LogP contribution >= 0.6 is 0 Å². The Labute approximate surface area is 144 Å². The SMILES string of the molecule is CNCCCC(CCC(F)C(C)CC=C(C)C)C1CCC(C)C1. The zero-order valence-corrected chi connectivity index (χ0v) is 16.2. The molecule has 0 bridgehead atoms. The van der Waals surface area contributed by atoms with Gasteiger partial charge in [0.2, 0.25) is 0 Å². The van der Waals surface area contributed by atoms with E-state index >= 15 is 0 Å². The minimum atomic E-state index is -0.642. The summed E-state index contributed by atoms with van der Waals surface area (Å²) >= 11 is 0. The van der Waals surface area contributed by atoms with Crippen molar-refractivity contribution >= 4 is 0 Å². The largest absolute Gasteiger partial charge is 0.320 e. The predicted molar refractivity (Wildman–Crippen MR) is 100 cm³/mol. The Kier molecular flexibility index (Phi) is 10.1. The van der Waals surface area contributed by atoms with Crippen LogP contribution in [0.1, 0.15) is 79.1 Å². The van der Waals surface area contributed by atoms with Crippen LogP contribution in [0.5, 0.6) is 0 Å². The van der Waals surface area contributed by atoms with Gasteiger partial charge < -0.3 is 5.32 Å². The van der Waals surface area contributed by atoms with Crippen LogP contribution in [-0.4, -0.2) is 19.8 Å². The number of alkyl halides is 1. The van der Waals surface area contributed by atoms with Crippen LogP contribution in [0.4, 0.5) is 4.39 Å². The molecule has 1 aliphatic carbocycles. The molecule has 1 fully saturated rings. The molecule has 1 aliphatic rings. The van der Waals surface area contributed by atoms with Crippen LogP contribution in [0.3, 0.4) is 0 Å². The lowest BCUT2D eigenvalue weighted by Gasteiger charge is -2.25. The zero-order chi connectivity index (χ0) is 17.2. The maximum absolute atomic E-state index is 14.5. The van der Waals surface area contributed by atoms with E-state index in [9.17, 15) is 4.39 Å². The summed E-state index contributed by atoms with van der Waals surface area (Å²) in [6.07, 6.45) is 10.9. The average molecular weight is 326 g/mol. The maximum atomic E-state index is 14.5. The molecule has 1 saturated carbocycles. The standard InChI is InChI=1S/C21H40FN/c1-16(2)8-10-18(4)21(22)13-12-19(7-6-14-23-5)20-11-9-17(3)15-20/h8,17-21,23H,6-7,9-15H2,1-5H3. The van der Waals surface area contributed by atoms with Gasteiger partial charge in [-0.25, -0.2) is 4.39 Å². The van der Waals surface area contributed by atoms with Gasteiger partial charge in [0.05, 0.1) is 0 Å². The molecule has 1 rings (SSSR count). The molecule has 1 nitrogen and oxygen atoms in total. The molecule has 0 aliphatic heterocycles. The monoisotopic (exact) mass is 325 g/mol. The Morgan fingerprint density at radius 1 is 1.22 bits per heavy atom. The van der Waals surface area contributed by atoms with Crippen LogP contribution in [0.15, 0.2) is 11.6 Å². The molecular weight excluding hydrogens is 285 g/mol. The van der Waals surface area contributed by atoms with Gasteiger partial charge in [-0.2, -0.15) is 0 Å². The van der Waals surface area contributed by atoms with Gasteiger partial charge in [0.1, 0.15) is 6.17 Å². The van der Waals surface area contributed by atoms with E-state index in [1.54, 1.807) is 0 Å². The second kappa shape index (κ2) is 11.2. The van der Waals surface area contributed by atoms with E-state index in [0.717, 1.165) is 43.6 Å². The molecular formula is C21H40FN. The maximum Gasteiger partial charge on any atom is 0.103 e. The summed E-state index contributed by atoms with van der Waals surface area (Å²) in [6.45, 7) is 9.73. The van der Waals surface area contributed by atoms with Crippen molar-refractivity contribution in [2.75, 3.05) is 13.6 Å². The normalized spacial score (nSPS) is 25.1. The summed E-state index contributed by atoms with van der Waals surface area (Å²) in [7, 11) is 2.02. The number of hydrogen-bond donors (Lipinski definition) is 1. The van der Waals surface area contributed by atoms with Crippen LogP contribution in [0.25, 0.3) is 0 Å². The second-order valence-corrected chi connectivity index (χ2v) is 8.27. The van der Waals surface area contributed by atoms with Crippen molar-refractivity contribution in [2.45, 2.75) is 85.2 Å².